The van der Waals surface area contributed by atoms with Crippen LogP contribution < -0.4 is 14.8 Å². The van der Waals surface area contributed by atoms with Crippen LogP contribution in [0.15, 0.2) is 54.7 Å². The van der Waals surface area contributed by atoms with Crippen LogP contribution in [0.25, 0.3) is 5.69 Å². The third-order valence-corrected chi connectivity index (χ3v) is 4.62. The maximum Gasteiger partial charge on any atom is 0.251 e. The van der Waals surface area contributed by atoms with Crippen LogP contribution in [0.3, 0.4) is 0 Å². The Labute approximate surface area is 171 Å². The molecule has 1 atom stereocenters. The van der Waals surface area contributed by atoms with Crippen molar-refractivity contribution in [3.05, 3.63) is 71.5 Å². The molecule has 0 spiro atoms. The van der Waals surface area contributed by atoms with E-state index in [-0.39, 0.29) is 11.9 Å². The number of carbonyl (C=O) groups excluding carboxylic acids is 1. The van der Waals surface area contributed by atoms with Gasteiger partial charge < -0.3 is 14.8 Å². The fourth-order valence-electron chi connectivity index (χ4n) is 3.09. The Morgan fingerprint density at radius 2 is 1.72 bits per heavy atom. The van der Waals surface area contributed by atoms with Gasteiger partial charge in [-0.3, -0.25) is 4.79 Å². The zero-order valence-corrected chi connectivity index (χ0v) is 17.3. The van der Waals surface area contributed by atoms with Crippen LogP contribution >= 0.6 is 0 Å². The average molecular weight is 393 g/mol. The molecule has 0 aliphatic rings. The number of hydrogen-bond acceptors (Lipinski definition) is 4. The van der Waals surface area contributed by atoms with Gasteiger partial charge in [0.1, 0.15) is 0 Å². The van der Waals surface area contributed by atoms with Gasteiger partial charge in [0.25, 0.3) is 5.91 Å². The number of carbonyl (C=O) groups is 1. The highest BCUT2D eigenvalue weighted by Gasteiger charge is 2.15. The van der Waals surface area contributed by atoms with Gasteiger partial charge in [-0.15, -0.1) is 0 Å². The first-order chi connectivity index (χ1) is 14.0. The van der Waals surface area contributed by atoms with Gasteiger partial charge in [0, 0.05) is 17.5 Å². The Bertz CT molecular complexity index is 964. The maximum atomic E-state index is 12.7. The Morgan fingerprint density at radius 3 is 2.34 bits per heavy atom. The molecule has 0 saturated heterocycles. The molecule has 0 radical (unpaired) electrons. The van der Waals surface area contributed by atoms with Crippen LogP contribution in [0.1, 0.15) is 48.4 Å². The summed E-state index contributed by atoms with van der Waals surface area (Å²) in [5, 5.41) is 7.33. The van der Waals surface area contributed by atoms with Gasteiger partial charge >= 0.3 is 0 Å². The molecule has 6 nitrogen and oxygen atoms in total. The summed E-state index contributed by atoms with van der Waals surface area (Å²) in [4.78, 5) is 12.7. The molecule has 1 aromatic heterocycles. The predicted octanol–water partition coefficient (Wildman–Crippen LogP) is 4.47. The highest BCUT2D eigenvalue weighted by Crippen LogP contribution is 2.30. The summed E-state index contributed by atoms with van der Waals surface area (Å²) in [7, 11) is 0. The van der Waals surface area contributed by atoms with E-state index >= 15 is 0 Å². The molecule has 6 heteroatoms. The van der Waals surface area contributed by atoms with Crippen molar-refractivity contribution < 1.29 is 14.3 Å². The lowest BCUT2D eigenvalue weighted by Crippen LogP contribution is -2.26. The molecule has 29 heavy (non-hydrogen) atoms. The standard InChI is InChI=1S/C23H27N3O3/c1-5-28-21-12-9-19(15-22(21)29-6-2)17(4)25-23(27)18-7-10-20(11-8-18)26-16(3)13-14-24-26/h7-15,17H,5-6H2,1-4H3,(H,25,27)/t17-/m0/s1. The van der Waals surface area contributed by atoms with Crippen molar-refractivity contribution in [2.24, 2.45) is 0 Å². The van der Waals surface area contributed by atoms with E-state index < -0.39 is 0 Å². The summed E-state index contributed by atoms with van der Waals surface area (Å²) in [5.74, 6) is 1.26. The fourth-order valence-corrected chi connectivity index (χ4v) is 3.09. The van der Waals surface area contributed by atoms with E-state index in [4.69, 9.17) is 9.47 Å². The van der Waals surface area contributed by atoms with Gasteiger partial charge in [-0.2, -0.15) is 5.10 Å². The van der Waals surface area contributed by atoms with Crippen molar-refractivity contribution >= 4 is 5.91 Å². The number of nitrogens with zero attached hydrogens (tertiary/aromatic N) is 2. The van der Waals surface area contributed by atoms with Gasteiger partial charge in [-0.25, -0.2) is 4.68 Å². The fraction of sp³-hybridized carbons (Fsp3) is 0.304. The van der Waals surface area contributed by atoms with Crippen molar-refractivity contribution in [3.8, 4) is 17.2 Å². The van der Waals surface area contributed by atoms with Crippen molar-refractivity contribution in [2.45, 2.75) is 33.7 Å². The summed E-state index contributed by atoms with van der Waals surface area (Å²) in [6, 6.07) is 14.9. The SMILES string of the molecule is CCOc1ccc([C@H](C)NC(=O)c2ccc(-n3nccc3C)cc2)cc1OCC. The number of benzene rings is 2. The number of hydrogen-bond donors (Lipinski definition) is 1. The van der Waals surface area contributed by atoms with E-state index in [2.05, 4.69) is 10.4 Å². The molecule has 0 bridgehead atoms. The molecule has 1 amide bonds. The van der Waals surface area contributed by atoms with Gasteiger partial charge in [0.05, 0.1) is 24.9 Å². The minimum Gasteiger partial charge on any atom is -0.490 e. The lowest BCUT2D eigenvalue weighted by molar-refractivity contribution is 0.0940. The third kappa shape index (κ3) is 4.77. The van der Waals surface area contributed by atoms with Crippen LogP contribution in [-0.4, -0.2) is 28.9 Å². The van der Waals surface area contributed by atoms with E-state index in [1.54, 1.807) is 6.20 Å². The number of amides is 1. The van der Waals surface area contributed by atoms with Gasteiger partial charge in [0.2, 0.25) is 0 Å². The summed E-state index contributed by atoms with van der Waals surface area (Å²) in [6.07, 6.45) is 1.75. The van der Waals surface area contributed by atoms with Crippen LogP contribution in [-0.2, 0) is 0 Å². The molecule has 0 fully saturated rings. The van der Waals surface area contributed by atoms with Gasteiger partial charge in [-0.05, 0) is 75.7 Å². The smallest absolute Gasteiger partial charge is 0.251 e. The van der Waals surface area contributed by atoms with E-state index in [1.165, 1.54) is 0 Å². The first-order valence-corrected chi connectivity index (χ1v) is 9.85. The molecule has 2 aromatic carbocycles. The van der Waals surface area contributed by atoms with Gasteiger partial charge in [0.15, 0.2) is 11.5 Å². The van der Waals surface area contributed by atoms with Crippen LogP contribution in [0.5, 0.6) is 11.5 Å². The van der Waals surface area contributed by atoms with Gasteiger partial charge in [-0.1, -0.05) is 6.07 Å². The molecule has 1 heterocycles. The highest BCUT2D eigenvalue weighted by atomic mass is 16.5. The summed E-state index contributed by atoms with van der Waals surface area (Å²) in [5.41, 5.74) is 3.51. The van der Waals surface area contributed by atoms with Crippen molar-refractivity contribution in [3.63, 3.8) is 0 Å². The molecule has 0 aliphatic carbocycles. The van der Waals surface area contributed by atoms with E-state index in [0.717, 1.165) is 16.9 Å². The summed E-state index contributed by atoms with van der Waals surface area (Å²) >= 11 is 0. The Kier molecular flexibility index (Phi) is 6.54. The second-order valence-corrected chi connectivity index (χ2v) is 6.70. The molecule has 152 valence electrons. The number of nitrogens with one attached hydrogen (secondary N) is 1. The number of aromatic nitrogens is 2. The zero-order chi connectivity index (χ0) is 20.8. The molecule has 3 aromatic rings. The van der Waals surface area contributed by atoms with E-state index in [0.29, 0.717) is 30.3 Å². The molecule has 0 aliphatic heterocycles. The second kappa shape index (κ2) is 9.28. The molecule has 0 unspecified atom stereocenters. The van der Waals surface area contributed by atoms with E-state index in [9.17, 15) is 4.79 Å². The monoisotopic (exact) mass is 393 g/mol. The average Bonchev–Trinajstić information content (AvgIpc) is 3.15. The largest absolute Gasteiger partial charge is 0.490 e. The molecule has 3 rings (SSSR count). The Morgan fingerprint density at radius 1 is 1.03 bits per heavy atom. The Balaban J connectivity index is 1.71. The topological polar surface area (TPSA) is 65.4 Å². The van der Waals surface area contributed by atoms with Crippen LogP contribution in [0.4, 0.5) is 0 Å². The van der Waals surface area contributed by atoms with Crippen molar-refractivity contribution in [1.82, 2.24) is 15.1 Å². The predicted molar refractivity (Wildman–Crippen MR) is 113 cm³/mol. The molecule has 0 saturated carbocycles. The first-order valence-electron chi connectivity index (χ1n) is 9.85. The second-order valence-electron chi connectivity index (χ2n) is 6.70. The summed E-state index contributed by atoms with van der Waals surface area (Å²) in [6.45, 7) is 8.92. The first kappa shape index (κ1) is 20.5. The van der Waals surface area contributed by atoms with Crippen molar-refractivity contribution in [1.29, 1.82) is 0 Å². The lowest BCUT2D eigenvalue weighted by atomic mass is 10.1. The Hall–Kier alpha value is -3.28. The minimum atomic E-state index is -0.176. The number of ether oxygens (including phenoxy) is 2. The maximum absolute atomic E-state index is 12.7. The number of rotatable bonds is 8. The van der Waals surface area contributed by atoms with E-state index in [1.807, 2.05) is 80.9 Å². The van der Waals surface area contributed by atoms with Crippen LogP contribution in [0.2, 0.25) is 0 Å². The highest BCUT2D eigenvalue weighted by molar-refractivity contribution is 5.94. The summed E-state index contributed by atoms with van der Waals surface area (Å²) < 4.78 is 13.1. The van der Waals surface area contributed by atoms with Crippen LogP contribution in [0, 0.1) is 6.92 Å². The quantitative estimate of drug-likeness (QED) is 0.613. The minimum absolute atomic E-state index is 0.131. The third-order valence-electron chi connectivity index (χ3n) is 4.62. The van der Waals surface area contributed by atoms with Crippen molar-refractivity contribution in [2.75, 3.05) is 13.2 Å². The zero-order valence-electron chi connectivity index (χ0n) is 17.3. The normalized spacial score (nSPS) is 11.7. The lowest BCUT2D eigenvalue weighted by Gasteiger charge is -2.17. The molecule has 1 N–H and O–H groups in total. The molecular weight excluding hydrogens is 366 g/mol. The molecular formula is C23H27N3O3. The number of aryl methyl sites for hydroxylation is 1.